The van der Waals surface area contributed by atoms with Gasteiger partial charge in [0.05, 0.1) is 12.2 Å². The molecule has 5 aliphatic rings. The average molecular weight is 480 g/mol. The zero-order valence-corrected chi connectivity index (χ0v) is 17.6. The molecule has 2 aliphatic heterocycles. The van der Waals surface area contributed by atoms with Crippen molar-refractivity contribution in [3.05, 3.63) is 103 Å². The summed E-state index contributed by atoms with van der Waals surface area (Å²) < 4.78 is 8.94. The molecule has 3 aliphatic carbocycles. The maximum atomic E-state index is 6.70. The predicted octanol–water partition coefficient (Wildman–Crippen LogP) is 6.86. The third kappa shape index (κ3) is 1.75. The number of rotatable bonds is 0. The number of hydrogen-bond donors (Lipinski definition) is 0. The van der Waals surface area contributed by atoms with Gasteiger partial charge in [0, 0.05) is 32.6 Å². The second kappa shape index (κ2) is 5.14. The first-order valence-electron chi connectivity index (χ1n) is 9.56. The van der Waals surface area contributed by atoms with Gasteiger partial charge in [-0.05, 0) is 77.4 Å². The smallest absolute Gasteiger partial charge is 0.0878 e. The van der Waals surface area contributed by atoms with Crippen LogP contribution in [0.25, 0.3) is 0 Å². The van der Waals surface area contributed by atoms with Crippen LogP contribution in [0.2, 0.25) is 0 Å². The highest BCUT2D eigenvalue weighted by atomic mass is 79.9. The minimum absolute atomic E-state index is 0.202. The van der Waals surface area contributed by atoms with Crippen LogP contribution >= 0.6 is 31.9 Å². The molecular formula is C24H16Br2O. The molecule has 4 unspecified atom stereocenters. The lowest BCUT2D eigenvalue weighted by atomic mass is 9.50. The topological polar surface area (TPSA) is 9.23 Å². The van der Waals surface area contributed by atoms with Gasteiger partial charge in [0.15, 0.2) is 0 Å². The van der Waals surface area contributed by atoms with Crippen molar-refractivity contribution < 1.29 is 4.74 Å². The molecule has 0 saturated carbocycles. The Balaban J connectivity index is 1.51. The zero-order chi connectivity index (χ0) is 17.9. The maximum Gasteiger partial charge on any atom is 0.0878 e. The van der Waals surface area contributed by atoms with Crippen molar-refractivity contribution in [3.8, 4) is 0 Å². The number of ether oxygens (including phenoxy) is 1. The summed E-state index contributed by atoms with van der Waals surface area (Å²) in [5.74, 6) is 1.95. The van der Waals surface area contributed by atoms with Gasteiger partial charge in [-0.15, -0.1) is 0 Å². The molecule has 27 heavy (non-hydrogen) atoms. The van der Waals surface area contributed by atoms with Crippen LogP contribution in [0.4, 0.5) is 0 Å². The number of halogens is 2. The Bertz CT molecular complexity index is 1000. The highest BCUT2D eigenvalue weighted by molar-refractivity contribution is 9.13. The van der Waals surface area contributed by atoms with Crippen LogP contribution in [0.15, 0.2) is 69.6 Å². The Hall–Kier alpha value is -1.42. The molecule has 3 aromatic carbocycles. The van der Waals surface area contributed by atoms with Crippen LogP contribution < -0.4 is 0 Å². The van der Waals surface area contributed by atoms with E-state index in [2.05, 4.69) is 92.5 Å². The van der Waals surface area contributed by atoms with Crippen LogP contribution in [0.3, 0.4) is 0 Å². The summed E-state index contributed by atoms with van der Waals surface area (Å²) >= 11 is 7.40. The molecule has 3 aromatic rings. The van der Waals surface area contributed by atoms with Crippen molar-refractivity contribution in [1.29, 1.82) is 0 Å². The zero-order valence-electron chi connectivity index (χ0n) is 14.4. The van der Waals surface area contributed by atoms with Crippen molar-refractivity contribution in [2.75, 3.05) is 0 Å². The standard InChI is InChI=1S/C24H16Br2O/c25-17-9-15-16(10-18(17)26)24-22-20-12-6-2-1-5-11(12)19(21(22)23(15)27-24)13-7-3-4-8-14(13)20/h1-10,19-24H. The molecule has 132 valence electrons. The highest BCUT2D eigenvalue weighted by Crippen LogP contribution is 2.72. The number of hydrogen-bond acceptors (Lipinski definition) is 1. The van der Waals surface area contributed by atoms with E-state index in [1.165, 1.54) is 33.4 Å². The minimum Gasteiger partial charge on any atom is -0.365 e. The summed E-state index contributed by atoms with van der Waals surface area (Å²) in [5, 5.41) is 0. The molecule has 1 nitrogen and oxygen atoms in total. The first-order valence-corrected chi connectivity index (χ1v) is 11.1. The third-order valence-corrected chi connectivity index (χ3v) is 9.12. The Morgan fingerprint density at radius 1 is 0.556 bits per heavy atom. The lowest BCUT2D eigenvalue weighted by Gasteiger charge is -2.51. The maximum absolute atomic E-state index is 6.70. The first-order chi connectivity index (χ1) is 13.2. The SMILES string of the molecule is Brc1cc2c(cc1Br)C1OC2C2C3c4ccccc4C(c4ccccc43)C12. The van der Waals surface area contributed by atoms with E-state index >= 15 is 0 Å². The molecule has 0 radical (unpaired) electrons. The summed E-state index contributed by atoms with van der Waals surface area (Å²) in [6.45, 7) is 0. The van der Waals surface area contributed by atoms with Crippen LogP contribution in [-0.2, 0) is 4.74 Å². The molecule has 2 heterocycles. The van der Waals surface area contributed by atoms with Gasteiger partial charge in [-0.2, -0.15) is 0 Å². The summed E-state index contributed by atoms with van der Waals surface area (Å²) in [5.41, 5.74) is 8.87. The molecule has 0 amide bonds. The fourth-order valence-corrected chi connectivity index (χ4v) is 7.21. The largest absolute Gasteiger partial charge is 0.365 e. The highest BCUT2D eigenvalue weighted by Gasteiger charge is 2.63. The number of fused-ring (bicyclic) bond motifs is 5. The quantitative estimate of drug-likeness (QED) is 0.342. The van der Waals surface area contributed by atoms with Crippen molar-refractivity contribution in [3.63, 3.8) is 0 Å². The van der Waals surface area contributed by atoms with E-state index in [0.717, 1.165) is 8.95 Å². The first kappa shape index (κ1) is 15.5. The fourth-order valence-electron chi connectivity index (χ4n) is 6.49. The summed E-state index contributed by atoms with van der Waals surface area (Å²) in [6.07, 6.45) is 0.405. The van der Waals surface area contributed by atoms with E-state index in [0.29, 0.717) is 23.7 Å². The van der Waals surface area contributed by atoms with Crippen molar-refractivity contribution in [2.24, 2.45) is 11.8 Å². The van der Waals surface area contributed by atoms with Gasteiger partial charge in [-0.25, -0.2) is 0 Å². The second-order valence-electron chi connectivity index (χ2n) is 8.24. The lowest BCUT2D eigenvalue weighted by Crippen LogP contribution is -2.42. The summed E-state index contributed by atoms with van der Waals surface area (Å²) in [6, 6.07) is 22.8. The lowest BCUT2D eigenvalue weighted by molar-refractivity contribution is 0.0533. The van der Waals surface area contributed by atoms with Gasteiger partial charge in [0.1, 0.15) is 0 Å². The molecule has 4 atom stereocenters. The second-order valence-corrected chi connectivity index (χ2v) is 9.95. The van der Waals surface area contributed by atoms with Gasteiger partial charge in [-0.1, -0.05) is 48.5 Å². The van der Waals surface area contributed by atoms with E-state index in [4.69, 9.17) is 4.74 Å². The van der Waals surface area contributed by atoms with Crippen LogP contribution in [0, 0.1) is 11.8 Å². The van der Waals surface area contributed by atoms with Gasteiger partial charge in [-0.3, -0.25) is 0 Å². The van der Waals surface area contributed by atoms with E-state index in [1.54, 1.807) is 0 Å². The summed E-state index contributed by atoms with van der Waals surface area (Å²) in [7, 11) is 0. The average Bonchev–Trinajstić information content (AvgIpc) is 3.26. The van der Waals surface area contributed by atoms with Gasteiger partial charge in [0.2, 0.25) is 0 Å². The summed E-state index contributed by atoms with van der Waals surface area (Å²) in [4.78, 5) is 0. The molecule has 3 heteroatoms. The van der Waals surface area contributed by atoms with Crippen molar-refractivity contribution >= 4 is 31.9 Å². The van der Waals surface area contributed by atoms with Gasteiger partial charge >= 0.3 is 0 Å². The van der Waals surface area contributed by atoms with Gasteiger partial charge < -0.3 is 4.74 Å². The minimum atomic E-state index is 0.202. The molecule has 0 aromatic heterocycles. The number of benzene rings is 3. The van der Waals surface area contributed by atoms with Crippen LogP contribution in [0.1, 0.15) is 57.4 Å². The third-order valence-electron chi connectivity index (χ3n) is 7.28. The predicted molar refractivity (Wildman–Crippen MR) is 112 cm³/mol. The van der Waals surface area contributed by atoms with Crippen molar-refractivity contribution in [1.82, 2.24) is 0 Å². The molecule has 0 N–H and O–H groups in total. The van der Waals surface area contributed by atoms with Crippen LogP contribution in [-0.4, -0.2) is 0 Å². The monoisotopic (exact) mass is 478 g/mol. The Morgan fingerprint density at radius 3 is 1.30 bits per heavy atom. The molecule has 4 bridgehead atoms. The normalized spacial score (nSPS) is 33.4. The molecule has 1 fully saturated rings. The fraction of sp³-hybridized carbons (Fsp3) is 0.250. The Kier molecular flexibility index (Phi) is 2.95. The van der Waals surface area contributed by atoms with E-state index < -0.39 is 0 Å². The molecular weight excluding hydrogens is 464 g/mol. The molecule has 0 spiro atoms. The molecule has 1 saturated heterocycles. The Labute approximate surface area is 175 Å². The molecule has 8 rings (SSSR count). The van der Waals surface area contributed by atoms with Gasteiger partial charge in [0.25, 0.3) is 0 Å². The van der Waals surface area contributed by atoms with E-state index in [1.807, 2.05) is 0 Å². The van der Waals surface area contributed by atoms with E-state index in [-0.39, 0.29) is 12.2 Å². The van der Waals surface area contributed by atoms with Crippen molar-refractivity contribution in [2.45, 2.75) is 24.0 Å². The van der Waals surface area contributed by atoms with E-state index in [9.17, 15) is 0 Å². The van der Waals surface area contributed by atoms with Crippen LogP contribution in [0.5, 0.6) is 0 Å². The Morgan fingerprint density at radius 2 is 0.926 bits per heavy atom.